The SMILES string of the molecule is Cc1ccc(NC(=O)CN2CC[C@@H]3NC(=O)[C@H](Cc4ccccc4)NC(=O)C4(C/C=C/C[C@@H]3C2)CCOCC4)c(C)c1. The fourth-order valence-corrected chi connectivity index (χ4v) is 6.55. The van der Waals surface area contributed by atoms with Crippen LogP contribution in [0.5, 0.6) is 0 Å². The first-order chi connectivity index (χ1) is 20.3. The summed E-state index contributed by atoms with van der Waals surface area (Å²) in [6.45, 7) is 6.87. The van der Waals surface area contributed by atoms with E-state index >= 15 is 0 Å². The van der Waals surface area contributed by atoms with Gasteiger partial charge in [-0.15, -0.1) is 0 Å². The Morgan fingerprint density at radius 1 is 1.05 bits per heavy atom. The monoisotopic (exact) mass is 572 g/mol. The molecule has 3 atom stereocenters. The van der Waals surface area contributed by atoms with Crippen LogP contribution in [0.4, 0.5) is 5.69 Å². The van der Waals surface area contributed by atoms with E-state index in [4.69, 9.17) is 4.74 Å². The maximum atomic E-state index is 13.8. The zero-order valence-corrected chi connectivity index (χ0v) is 24.9. The molecule has 0 radical (unpaired) electrons. The van der Waals surface area contributed by atoms with Gasteiger partial charge >= 0.3 is 0 Å². The average molecular weight is 573 g/mol. The zero-order valence-electron chi connectivity index (χ0n) is 24.9. The van der Waals surface area contributed by atoms with E-state index in [0.717, 1.165) is 29.7 Å². The Balaban J connectivity index is 1.31. The number of aryl methyl sites for hydroxylation is 2. The summed E-state index contributed by atoms with van der Waals surface area (Å²) in [4.78, 5) is 42.7. The van der Waals surface area contributed by atoms with Crippen molar-refractivity contribution in [1.29, 1.82) is 0 Å². The molecule has 0 unspecified atom stereocenters. The third-order valence-corrected chi connectivity index (χ3v) is 9.12. The van der Waals surface area contributed by atoms with Crippen molar-refractivity contribution in [2.45, 2.75) is 64.5 Å². The summed E-state index contributed by atoms with van der Waals surface area (Å²) in [5, 5.41) is 9.53. The molecular weight excluding hydrogens is 528 g/mol. The molecule has 3 amide bonds. The van der Waals surface area contributed by atoms with Gasteiger partial charge in [0.25, 0.3) is 0 Å². The highest BCUT2D eigenvalue weighted by atomic mass is 16.5. The number of benzene rings is 2. The van der Waals surface area contributed by atoms with Gasteiger partial charge < -0.3 is 20.7 Å². The Hall–Kier alpha value is -3.49. The first-order valence-corrected chi connectivity index (χ1v) is 15.3. The normalized spacial score (nSPS) is 25.7. The van der Waals surface area contributed by atoms with Crippen LogP contribution in [0.25, 0.3) is 0 Å². The lowest BCUT2D eigenvalue weighted by atomic mass is 9.75. The predicted octanol–water partition coefficient (Wildman–Crippen LogP) is 3.92. The van der Waals surface area contributed by atoms with Crippen LogP contribution in [0.3, 0.4) is 0 Å². The molecule has 0 aromatic heterocycles. The smallest absolute Gasteiger partial charge is 0.243 e. The predicted molar refractivity (Wildman–Crippen MR) is 164 cm³/mol. The number of nitrogens with one attached hydrogen (secondary N) is 3. The van der Waals surface area contributed by atoms with Crippen molar-refractivity contribution in [3.05, 3.63) is 77.4 Å². The molecule has 2 aromatic carbocycles. The summed E-state index contributed by atoms with van der Waals surface area (Å²) in [5.41, 5.74) is 3.49. The van der Waals surface area contributed by atoms with Gasteiger partial charge in [0, 0.05) is 44.5 Å². The average Bonchev–Trinajstić information content (AvgIpc) is 2.98. The van der Waals surface area contributed by atoms with E-state index in [2.05, 4.69) is 39.1 Å². The number of fused-ring (bicyclic) bond motifs is 1. The van der Waals surface area contributed by atoms with Crippen molar-refractivity contribution in [2.24, 2.45) is 11.3 Å². The lowest BCUT2D eigenvalue weighted by Crippen LogP contribution is -2.58. The maximum absolute atomic E-state index is 13.8. The molecule has 5 rings (SSSR count). The van der Waals surface area contributed by atoms with Crippen LogP contribution in [-0.4, -0.2) is 67.6 Å². The van der Waals surface area contributed by atoms with E-state index in [9.17, 15) is 14.4 Å². The highest BCUT2D eigenvalue weighted by Gasteiger charge is 2.41. The number of anilines is 1. The Labute approximate surface area is 249 Å². The number of carbonyl (C=O) groups is 3. The molecule has 3 N–H and O–H groups in total. The molecule has 42 heavy (non-hydrogen) atoms. The number of rotatable bonds is 5. The quantitative estimate of drug-likeness (QED) is 0.472. The van der Waals surface area contributed by atoms with Crippen LogP contribution in [0, 0.1) is 25.2 Å². The minimum atomic E-state index is -0.662. The number of hydrogen-bond acceptors (Lipinski definition) is 5. The molecule has 2 saturated heterocycles. The van der Waals surface area contributed by atoms with E-state index < -0.39 is 11.5 Å². The van der Waals surface area contributed by atoms with Crippen molar-refractivity contribution in [3.63, 3.8) is 0 Å². The van der Waals surface area contributed by atoms with Crippen LogP contribution < -0.4 is 16.0 Å². The molecule has 8 nitrogen and oxygen atoms in total. The minimum Gasteiger partial charge on any atom is -0.381 e. The van der Waals surface area contributed by atoms with E-state index in [-0.39, 0.29) is 29.7 Å². The topological polar surface area (TPSA) is 99.8 Å². The number of ether oxygens (including phenoxy) is 1. The fourth-order valence-electron chi connectivity index (χ4n) is 6.55. The lowest BCUT2D eigenvalue weighted by Gasteiger charge is -2.40. The second kappa shape index (κ2) is 13.7. The first kappa shape index (κ1) is 30.0. The molecule has 8 heteroatoms. The van der Waals surface area contributed by atoms with Crippen molar-refractivity contribution < 1.29 is 19.1 Å². The third kappa shape index (κ3) is 7.47. The van der Waals surface area contributed by atoms with Gasteiger partial charge in [0.05, 0.1) is 12.0 Å². The molecule has 2 fully saturated rings. The number of hydrogen-bond donors (Lipinski definition) is 3. The van der Waals surface area contributed by atoms with Gasteiger partial charge in [0.15, 0.2) is 0 Å². The zero-order chi connectivity index (χ0) is 29.5. The molecule has 2 aromatic rings. The van der Waals surface area contributed by atoms with Gasteiger partial charge in [0.2, 0.25) is 17.7 Å². The van der Waals surface area contributed by atoms with Crippen molar-refractivity contribution in [3.8, 4) is 0 Å². The minimum absolute atomic E-state index is 0.0276. The summed E-state index contributed by atoms with van der Waals surface area (Å²) >= 11 is 0. The van der Waals surface area contributed by atoms with Crippen LogP contribution in [0.1, 0.15) is 48.8 Å². The number of piperidine rings is 1. The van der Waals surface area contributed by atoms with Crippen molar-refractivity contribution in [2.75, 3.05) is 38.2 Å². The number of likely N-dealkylation sites (tertiary alicyclic amines) is 1. The Kier molecular flexibility index (Phi) is 9.75. The van der Waals surface area contributed by atoms with Crippen molar-refractivity contribution in [1.82, 2.24) is 15.5 Å². The second-order valence-corrected chi connectivity index (χ2v) is 12.3. The number of amides is 3. The largest absolute Gasteiger partial charge is 0.381 e. The number of allylic oxidation sites excluding steroid dienone is 2. The first-order valence-electron chi connectivity index (χ1n) is 15.3. The Morgan fingerprint density at radius 2 is 1.83 bits per heavy atom. The Morgan fingerprint density at radius 3 is 2.60 bits per heavy atom. The van der Waals surface area contributed by atoms with Crippen LogP contribution >= 0.6 is 0 Å². The summed E-state index contributed by atoms with van der Waals surface area (Å²) in [6, 6.07) is 15.2. The highest BCUT2D eigenvalue weighted by Crippen LogP contribution is 2.36. The Bertz CT molecular complexity index is 1290. The molecule has 3 aliphatic rings. The van der Waals surface area contributed by atoms with Gasteiger partial charge in [0.1, 0.15) is 6.04 Å². The molecule has 1 spiro atoms. The van der Waals surface area contributed by atoms with E-state index in [1.165, 1.54) is 5.56 Å². The van der Waals surface area contributed by atoms with Crippen LogP contribution in [0.2, 0.25) is 0 Å². The molecule has 3 aliphatic heterocycles. The molecular formula is C34H44N4O4. The summed E-state index contributed by atoms with van der Waals surface area (Å²) < 4.78 is 5.60. The van der Waals surface area contributed by atoms with Gasteiger partial charge in [-0.1, -0.05) is 60.2 Å². The molecule has 0 aliphatic carbocycles. The van der Waals surface area contributed by atoms with E-state index in [1.807, 2.05) is 56.3 Å². The molecule has 0 saturated carbocycles. The highest BCUT2D eigenvalue weighted by molar-refractivity contribution is 5.93. The molecule has 3 heterocycles. The summed E-state index contributed by atoms with van der Waals surface area (Å²) in [7, 11) is 0. The van der Waals surface area contributed by atoms with Crippen LogP contribution in [0.15, 0.2) is 60.7 Å². The number of nitrogens with zero attached hydrogens (tertiary/aromatic N) is 1. The fraction of sp³-hybridized carbons (Fsp3) is 0.500. The van der Waals surface area contributed by atoms with E-state index in [1.54, 1.807) is 0 Å². The summed E-state index contributed by atoms with van der Waals surface area (Å²) in [5.74, 6) is -0.0745. The van der Waals surface area contributed by atoms with Gasteiger partial charge in [-0.25, -0.2) is 0 Å². The van der Waals surface area contributed by atoms with Gasteiger partial charge in [-0.3, -0.25) is 19.3 Å². The maximum Gasteiger partial charge on any atom is 0.243 e. The molecule has 0 bridgehead atoms. The molecule has 224 valence electrons. The summed E-state index contributed by atoms with van der Waals surface area (Å²) in [6.07, 6.45) is 8.16. The van der Waals surface area contributed by atoms with Crippen LogP contribution in [-0.2, 0) is 25.5 Å². The standard InChI is InChI=1S/C34H44N4O4/c1-24-11-12-28(25(2)20-24)35-31(39)23-38-17-13-29-27(22-38)10-6-7-14-34(15-18-42-19-16-34)33(41)37-30(32(40)36-29)21-26-8-4-3-5-9-26/h3-9,11-12,20,27,29-30H,10,13-19,21-23H2,1-2H3,(H,35,39)(H,36,40)(H,37,41)/b7-6+/t27-,29+,30+/m1/s1. The third-order valence-electron chi connectivity index (χ3n) is 9.12. The number of carbonyl (C=O) groups excluding carboxylic acids is 3. The lowest BCUT2D eigenvalue weighted by molar-refractivity contribution is -0.140. The van der Waals surface area contributed by atoms with Gasteiger partial charge in [-0.2, -0.15) is 0 Å². The van der Waals surface area contributed by atoms with Crippen molar-refractivity contribution >= 4 is 23.4 Å². The second-order valence-electron chi connectivity index (χ2n) is 12.3. The van der Waals surface area contributed by atoms with E-state index in [0.29, 0.717) is 58.5 Å². The van der Waals surface area contributed by atoms with Gasteiger partial charge in [-0.05, 0) is 69.1 Å².